The first-order valence-electron chi connectivity index (χ1n) is 28.1. The first-order valence-corrected chi connectivity index (χ1v) is 28.1. The van der Waals surface area contributed by atoms with Crippen LogP contribution >= 0.6 is 0 Å². The van der Waals surface area contributed by atoms with E-state index in [2.05, 4.69) is 282 Å². The molecule has 0 radical (unpaired) electrons. The van der Waals surface area contributed by atoms with Crippen LogP contribution in [0, 0.1) is 41.5 Å². The van der Waals surface area contributed by atoms with Crippen molar-refractivity contribution in [3.63, 3.8) is 0 Å². The maximum atomic E-state index is 6.09. The van der Waals surface area contributed by atoms with E-state index < -0.39 is 0 Å². The van der Waals surface area contributed by atoms with Gasteiger partial charge in [-0.05, 0) is 247 Å². The van der Waals surface area contributed by atoms with Crippen LogP contribution in [0.5, 0.6) is 5.75 Å². The van der Waals surface area contributed by atoms with Crippen LogP contribution in [0.15, 0.2) is 200 Å². The summed E-state index contributed by atoms with van der Waals surface area (Å²) in [6.07, 6.45) is 8.89. The predicted octanol–water partition coefficient (Wildman–Crippen LogP) is 21.3. The maximum Gasteiger partial charge on any atom is 0.119 e. The molecule has 5 nitrogen and oxygen atoms in total. The lowest BCUT2D eigenvalue weighted by Crippen LogP contribution is -2.15. The van der Waals surface area contributed by atoms with Gasteiger partial charge in [-0.25, -0.2) is 0 Å². The number of rotatable bonds is 22. The summed E-state index contributed by atoms with van der Waals surface area (Å²) in [7, 11) is 0. The molecule has 0 N–H and O–H groups in total. The number of para-hydroxylation sites is 1. The fraction of sp³-hybridized carbons (Fsp3) is 0.250. The number of anilines is 12. The number of aryl methyl sites for hydroxylation is 8. The zero-order valence-electron chi connectivity index (χ0n) is 47.1. The van der Waals surface area contributed by atoms with Crippen LogP contribution in [-0.4, -0.2) is 6.61 Å². The first kappa shape index (κ1) is 53.8. The summed E-state index contributed by atoms with van der Waals surface area (Å²) in [6, 6.07) is 74.3. The minimum absolute atomic E-state index is 0.724. The Bertz CT molecular complexity index is 3280. The second-order valence-corrected chi connectivity index (χ2v) is 21.0. The number of unbranched alkanes of at least 4 members (excludes halogenated alkanes) is 3. The van der Waals surface area contributed by atoms with Gasteiger partial charge in [0.2, 0.25) is 0 Å². The molecule has 5 heteroatoms. The normalized spacial score (nSPS) is 11.1. The lowest BCUT2D eigenvalue weighted by atomic mass is 10.00. The second kappa shape index (κ2) is 25.2. The monoisotopic (exact) mass is 1010 g/mol. The summed E-state index contributed by atoms with van der Waals surface area (Å²) >= 11 is 0. The molecule has 9 rings (SSSR count). The molecule has 0 bridgehead atoms. The highest BCUT2D eigenvalue weighted by molar-refractivity contribution is 5.86. The van der Waals surface area contributed by atoms with Crippen molar-refractivity contribution < 1.29 is 4.74 Å². The summed E-state index contributed by atoms with van der Waals surface area (Å²) in [5.41, 5.74) is 23.6. The Morgan fingerprint density at radius 3 is 1.10 bits per heavy atom. The van der Waals surface area contributed by atoms with Crippen LogP contribution in [-0.2, 0) is 12.8 Å². The van der Waals surface area contributed by atoms with Gasteiger partial charge in [-0.3, -0.25) is 0 Å². The van der Waals surface area contributed by atoms with Crippen LogP contribution < -0.4 is 24.3 Å². The zero-order valence-corrected chi connectivity index (χ0v) is 47.1. The van der Waals surface area contributed by atoms with Gasteiger partial charge >= 0.3 is 0 Å². The molecular weight excluding hydrogens is 937 g/mol. The molecule has 0 aliphatic rings. The van der Waals surface area contributed by atoms with Crippen molar-refractivity contribution in [3.8, 4) is 5.75 Å². The molecule has 0 aliphatic heterocycles. The van der Waals surface area contributed by atoms with E-state index in [4.69, 9.17) is 4.74 Å². The SMILES string of the molecule is CCCCOc1ccc(N(c2ccc(C)cc2)c2ccc(N(c3ccc(N(c4ccc(N(c5ccc(C)cc5)c5c(C)cccc5C)cc4)c4cc(C)ccc4C)cc3)c3cc(CCCC)cc(CCCC)c3)cc2)cc1. The summed E-state index contributed by atoms with van der Waals surface area (Å²) < 4.78 is 6.09. The van der Waals surface area contributed by atoms with E-state index in [1.54, 1.807) is 0 Å². The Balaban J connectivity index is 1.13. The van der Waals surface area contributed by atoms with Gasteiger partial charge in [-0.1, -0.05) is 112 Å². The molecule has 0 amide bonds. The van der Waals surface area contributed by atoms with Crippen molar-refractivity contribution in [1.29, 1.82) is 0 Å². The van der Waals surface area contributed by atoms with Gasteiger partial charge in [0.15, 0.2) is 0 Å². The molecule has 0 aromatic heterocycles. The third-order valence-electron chi connectivity index (χ3n) is 14.7. The highest BCUT2D eigenvalue weighted by atomic mass is 16.5. The molecule has 0 atom stereocenters. The number of nitrogens with zero attached hydrogens (tertiary/aromatic N) is 4. The van der Waals surface area contributed by atoms with Crippen molar-refractivity contribution in [2.24, 2.45) is 0 Å². The van der Waals surface area contributed by atoms with Crippen molar-refractivity contribution in [3.05, 3.63) is 245 Å². The Morgan fingerprint density at radius 1 is 0.312 bits per heavy atom. The average molecular weight is 1020 g/mol. The number of hydrogen-bond donors (Lipinski definition) is 0. The summed E-state index contributed by atoms with van der Waals surface area (Å²) in [6.45, 7) is 20.6. The van der Waals surface area contributed by atoms with Crippen molar-refractivity contribution >= 4 is 68.2 Å². The van der Waals surface area contributed by atoms with Gasteiger partial charge in [0.25, 0.3) is 0 Å². The third kappa shape index (κ3) is 12.8. The van der Waals surface area contributed by atoms with Crippen molar-refractivity contribution in [2.75, 3.05) is 26.2 Å². The van der Waals surface area contributed by atoms with Crippen LogP contribution in [0.2, 0.25) is 0 Å². The molecule has 77 heavy (non-hydrogen) atoms. The Hall–Kier alpha value is -8.02. The van der Waals surface area contributed by atoms with Gasteiger partial charge in [-0.15, -0.1) is 0 Å². The molecule has 0 fully saturated rings. The number of hydrogen-bond acceptors (Lipinski definition) is 5. The molecule has 0 heterocycles. The maximum absolute atomic E-state index is 6.09. The Morgan fingerprint density at radius 2 is 0.675 bits per heavy atom. The van der Waals surface area contributed by atoms with E-state index in [0.29, 0.717) is 0 Å². The molecule has 0 saturated heterocycles. The minimum atomic E-state index is 0.724. The number of ether oxygens (including phenoxy) is 1. The molecule has 0 spiro atoms. The van der Waals surface area contributed by atoms with Gasteiger partial charge in [0.1, 0.15) is 5.75 Å². The quantitative estimate of drug-likeness (QED) is 0.0629. The van der Waals surface area contributed by atoms with E-state index in [-0.39, 0.29) is 0 Å². The fourth-order valence-electron chi connectivity index (χ4n) is 10.4. The minimum Gasteiger partial charge on any atom is -0.494 e. The molecule has 392 valence electrons. The van der Waals surface area contributed by atoms with Crippen LogP contribution in [0.4, 0.5) is 68.2 Å². The molecule has 9 aromatic carbocycles. The average Bonchev–Trinajstić information content (AvgIpc) is 3.45. The highest BCUT2D eigenvalue weighted by Crippen LogP contribution is 2.45. The first-order chi connectivity index (χ1) is 37.5. The molecule has 0 saturated carbocycles. The second-order valence-electron chi connectivity index (χ2n) is 21.0. The fourth-order valence-corrected chi connectivity index (χ4v) is 10.4. The van der Waals surface area contributed by atoms with Crippen LogP contribution in [0.25, 0.3) is 0 Å². The smallest absolute Gasteiger partial charge is 0.119 e. The lowest BCUT2D eigenvalue weighted by molar-refractivity contribution is 0.309. The Kier molecular flexibility index (Phi) is 17.6. The topological polar surface area (TPSA) is 22.2 Å². The predicted molar refractivity (Wildman–Crippen MR) is 331 cm³/mol. The highest BCUT2D eigenvalue weighted by Gasteiger charge is 2.22. The molecular formula is C72H78N4O. The lowest BCUT2D eigenvalue weighted by Gasteiger charge is -2.31. The van der Waals surface area contributed by atoms with E-state index in [0.717, 1.165) is 121 Å². The van der Waals surface area contributed by atoms with E-state index in [1.165, 1.54) is 55.9 Å². The summed E-state index contributed by atoms with van der Waals surface area (Å²) in [4.78, 5) is 9.62. The van der Waals surface area contributed by atoms with Crippen molar-refractivity contribution in [2.45, 2.75) is 114 Å². The summed E-state index contributed by atoms with van der Waals surface area (Å²) in [5, 5.41) is 0. The Labute approximate surface area is 461 Å². The molecule has 0 aliphatic carbocycles. The number of benzene rings is 9. The molecule has 9 aromatic rings. The van der Waals surface area contributed by atoms with Gasteiger partial charge in [-0.2, -0.15) is 0 Å². The summed E-state index contributed by atoms with van der Waals surface area (Å²) in [5.74, 6) is 0.895. The van der Waals surface area contributed by atoms with Gasteiger partial charge in [0, 0.05) is 62.6 Å². The zero-order chi connectivity index (χ0) is 53.8. The van der Waals surface area contributed by atoms with E-state index in [1.807, 2.05) is 0 Å². The largest absolute Gasteiger partial charge is 0.494 e. The van der Waals surface area contributed by atoms with E-state index >= 15 is 0 Å². The van der Waals surface area contributed by atoms with Crippen LogP contribution in [0.3, 0.4) is 0 Å². The van der Waals surface area contributed by atoms with Crippen LogP contribution in [0.1, 0.15) is 104 Å². The standard InChI is InChI=1S/C72H78N4O/c1-10-13-19-58-49-59(20-14-11-2)51-69(50-58)74(62-33-31-61(32-34-62)73(60-27-22-52(4)23-28-60)64-43-45-70(46-44-64)77-47-15-12-3)63-35-37-65(38-36-63)75(71-48-54(6)21-26-55(71)7)66-39-41-68(42-40-66)76(67-29-24-53(5)25-30-67)72-56(8)17-16-18-57(72)9/h16-18,21-46,48-51H,10-15,19-20,47H2,1-9H3. The van der Waals surface area contributed by atoms with Gasteiger partial charge in [0.05, 0.1) is 12.3 Å². The van der Waals surface area contributed by atoms with Crippen molar-refractivity contribution in [1.82, 2.24) is 0 Å². The molecule has 0 unspecified atom stereocenters. The van der Waals surface area contributed by atoms with E-state index in [9.17, 15) is 0 Å². The third-order valence-corrected chi connectivity index (χ3v) is 14.7. The van der Waals surface area contributed by atoms with Gasteiger partial charge < -0.3 is 24.3 Å².